The maximum Gasteiger partial charge on any atom is 0.126 e. The van der Waals surface area contributed by atoms with Gasteiger partial charge in [-0.1, -0.05) is 40.2 Å². The van der Waals surface area contributed by atoms with Crippen LogP contribution in [0.1, 0.15) is 16.7 Å². The van der Waals surface area contributed by atoms with E-state index < -0.39 is 0 Å². The summed E-state index contributed by atoms with van der Waals surface area (Å²) in [6, 6.07) is 13.1. The van der Waals surface area contributed by atoms with Crippen molar-refractivity contribution < 1.29 is 4.39 Å². The molecule has 3 N–H and O–H groups in total. The highest BCUT2D eigenvalue weighted by Gasteiger charge is 2.13. The van der Waals surface area contributed by atoms with E-state index in [1.807, 2.05) is 12.1 Å². The molecule has 1 unspecified atom stereocenters. The molecule has 0 aliphatic heterocycles. The smallest absolute Gasteiger partial charge is 0.126 e. The average Bonchev–Trinajstić information content (AvgIpc) is 2.44. The van der Waals surface area contributed by atoms with Crippen LogP contribution in [0.15, 0.2) is 46.9 Å². The molecular weight excluding hydrogens is 319 g/mol. The van der Waals surface area contributed by atoms with Gasteiger partial charge in [0.05, 0.1) is 0 Å². The lowest BCUT2D eigenvalue weighted by molar-refractivity contribution is 0.505. The van der Waals surface area contributed by atoms with Crippen molar-refractivity contribution in [2.45, 2.75) is 25.8 Å². The third-order valence-corrected chi connectivity index (χ3v) is 3.93. The van der Waals surface area contributed by atoms with E-state index in [2.05, 4.69) is 40.4 Å². The van der Waals surface area contributed by atoms with Crippen molar-refractivity contribution in [3.63, 3.8) is 0 Å². The predicted octanol–water partition coefficient (Wildman–Crippen LogP) is 3.51. The molecule has 0 aliphatic rings. The van der Waals surface area contributed by atoms with Gasteiger partial charge in [0, 0.05) is 10.5 Å². The lowest BCUT2D eigenvalue weighted by Crippen LogP contribution is -2.38. The lowest BCUT2D eigenvalue weighted by atomic mass is 9.96. The Balaban J connectivity index is 2.13. The van der Waals surface area contributed by atoms with E-state index in [9.17, 15) is 4.39 Å². The topological polar surface area (TPSA) is 38.0 Å². The van der Waals surface area contributed by atoms with Gasteiger partial charge >= 0.3 is 0 Å². The van der Waals surface area contributed by atoms with Crippen LogP contribution in [0.5, 0.6) is 0 Å². The number of hydrogen-bond donors (Lipinski definition) is 2. The molecule has 0 saturated carbocycles. The highest BCUT2D eigenvalue weighted by molar-refractivity contribution is 9.10. The van der Waals surface area contributed by atoms with Crippen LogP contribution in [0.2, 0.25) is 0 Å². The Morgan fingerprint density at radius 3 is 2.55 bits per heavy atom. The summed E-state index contributed by atoms with van der Waals surface area (Å²) in [6.07, 6.45) is 1.32. The molecule has 0 spiro atoms. The number of rotatable bonds is 5. The minimum atomic E-state index is -0.196. The summed E-state index contributed by atoms with van der Waals surface area (Å²) in [7, 11) is 0. The summed E-state index contributed by atoms with van der Waals surface area (Å²) in [5, 5.41) is 0. The fraction of sp³-hybridized carbons (Fsp3) is 0.250. The second kappa shape index (κ2) is 6.97. The Hall–Kier alpha value is -1.23. The number of aryl methyl sites for hydroxylation is 1. The first-order valence-corrected chi connectivity index (χ1v) is 7.34. The van der Waals surface area contributed by atoms with Crippen molar-refractivity contribution in [3.8, 4) is 0 Å². The Labute approximate surface area is 127 Å². The fourth-order valence-corrected chi connectivity index (χ4v) is 2.67. The van der Waals surface area contributed by atoms with E-state index >= 15 is 0 Å². The van der Waals surface area contributed by atoms with Crippen LogP contribution in [0.3, 0.4) is 0 Å². The van der Waals surface area contributed by atoms with Crippen molar-refractivity contribution in [1.82, 2.24) is 5.43 Å². The SMILES string of the molecule is Cc1ccccc1CC(Cc1cc(Br)ccc1F)NN. The predicted molar refractivity (Wildman–Crippen MR) is 83.8 cm³/mol. The van der Waals surface area contributed by atoms with Crippen LogP contribution in [-0.4, -0.2) is 6.04 Å². The number of halogens is 2. The van der Waals surface area contributed by atoms with Crippen LogP contribution in [0, 0.1) is 12.7 Å². The fourth-order valence-electron chi connectivity index (χ4n) is 2.26. The maximum atomic E-state index is 13.8. The van der Waals surface area contributed by atoms with Crippen LogP contribution in [-0.2, 0) is 12.8 Å². The molecule has 106 valence electrons. The number of benzene rings is 2. The van der Waals surface area contributed by atoms with E-state index in [4.69, 9.17) is 5.84 Å². The third kappa shape index (κ3) is 3.88. The molecule has 2 aromatic rings. The highest BCUT2D eigenvalue weighted by Crippen LogP contribution is 2.18. The lowest BCUT2D eigenvalue weighted by Gasteiger charge is -2.18. The normalized spacial score (nSPS) is 12.4. The van der Waals surface area contributed by atoms with Crippen LogP contribution in [0.25, 0.3) is 0 Å². The first kappa shape index (κ1) is 15.2. The van der Waals surface area contributed by atoms with E-state index in [1.54, 1.807) is 12.1 Å². The summed E-state index contributed by atoms with van der Waals surface area (Å²) < 4.78 is 14.7. The minimum Gasteiger partial charge on any atom is -0.271 e. The van der Waals surface area contributed by atoms with Crippen molar-refractivity contribution in [2.24, 2.45) is 5.84 Å². The number of nitrogens with one attached hydrogen (secondary N) is 1. The van der Waals surface area contributed by atoms with E-state index in [0.717, 1.165) is 10.9 Å². The zero-order chi connectivity index (χ0) is 14.5. The zero-order valence-electron chi connectivity index (χ0n) is 11.4. The van der Waals surface area contributed by atoms with Gasteiger partial charge in [-0.05, 0) is 54.7 Å². The van der Waals surface area contributed by atoms with Crippen molar-refractivity contribution in [1.29, 1.82) is 0 Å². The molecule has 0 radical (unpaired) electrons. The first-order valence-electron chi connectivity index (χ1n) is 6.54. The van der Waals surface area contributed by atoms with Gasteiger partial charge in [-0.3, -0.25) is 11.3 Å². The number of hydrogen-bond acceptors (Lipinski definition) is 2. The zero-order valence-corrected chi connectivity index (χ0v) is 13.0. The standard InChI is InChI=1S/C16H18BrFN2/c1-11-4-2-3-5-12(11)9-15(20-19)10-13-8-14(17)6-7-16(13)18/h2-8,15,20H,9-10,19H2,1H3. The van der Waals surface area contributed by atoms with E-state index in [0.29, 0.717) is 12.0 Å². The summed E-state index contributed by atoms with van der Waals surface area (Å²) >= 11 is 3.37. The van der Waals surface area contributed by atoms with Gasteiger partial charge in [0.2, 0.25) is 0 Å². The summed E-state index contributed by atoms with van der Waals surface area (Å²) in [4.78, 5) is 0. The Bertz CT molecular complexity index is 586. The van der Waals surface area contributed by atoms with E-state index in [-0.39, 0.29) is 11.9 Å². The molecule has 2 aromatic carbocycles. The van der Waals surface area contributed by atoms with Crippen molar-refractivity contribution in [2.75, 3.05) is 0 Å². The molecule has 2 rings (SSSR count). The Morgan fingerprint density at radius 2 is 1.85 bits per heavy atom. The van der Waals surface area contributed by atoms with E-state index in [1.165, 1.54) is 17.2 Å². The summed E-state index contributed by atoms with van der Waals surface area (Å²) in [5.74, 6) is 5.43. The van der Waals surface area contributed by atoms with Crippen LogP contribution >= 0.6 is 15.9 Å². The molecule has 4 heteroatoms. The van der Waals surface area contributed by atoms with Gasteiger partial charge in [0.15, 0.2) is 0 Å². The monoisotopic (exact) mass is 336 g/mol. The van der Waals surface area contributed by atoms with Crippen molar-refractivity contribution >= 4 is 15.9 Å². The highest BCUT2D eigenvalue weighted by atomic mass is 79.9. The van der Waals surface area contributed by atoms with Crippen LogP contribution < -0.4 is 11.3 Å². The first-order chi connectivity index (χ1) is 9.60. The average molecular weight is 337 g/mol. The molecule has 1 atom stereocenters. The molecule has 0 bridgehead atoms. The maximum absolute atomic E-state index is 13.8. The van der Waals surface area contributed by atoms with Gasteiger partial charge in [0.25, 0.3) is 0 Å². The van der Waals surface area contributed by atoms with Crippen LogP contribution in [0.4, 0.5) is 4.39 Å². The molecule has 0 aliphatic carbocycles. The number of hydrazine groups is 1. The summed E-state index contributed by atoms with van der Waals surface area (Å²) in [5.41, 5.74) is 5.91. The van der Waals surface area contributed by atoms with Gasteiger partial charge in [-0.15, -0.1) is 0 Å². The van der Waals surface area contributed by atoms with Gasteiger partial charge < -0.3 is 0 Å². The second-order valence-corrected chi connectivity index (χ2v) is 5.85. The van der Waals surface area contributed by atoms with Gasteiger partial charge in [-0.25, -0.2) is 4.39 Å². The second-order valence-electron chi connectivity index (χ2n) is 4.93. The minimum absolute atomic E-state index is 0.0000926. The molecular formula is C16H18BrFN2. The molecule has 0 aromatic heterocycles. The molecule has 0 saturated heterocycles. The largest absolute Gasteiger partial charge is 0.271 e. The number of nitrogens with two attached hydrogens (primary N) is 1. The van der Waals surface area contributed by atoms with Gasteiger partial charge in [-0.2, -0.15) is 0 Å². The quantitative estimate of drug-likeness (QED) is 0.647. The molecule has 2 nitrogen and oxygen atoms in total. The molecule has 0 amide bonds. The molecule has 0 fully saturated rings. The van der Waals surface area contributed by atoms with Crippen molar-refractivity contribution in [3.05, 3.63) is 69.4 Å². The molecule has 0 heterocycles. The van der Waals surface area contributed by atoms with Gasteiger partial charge in [0.1, 0.15) is 5.82 Å². The molecule has 20 heavy (non-hydrogen) atoms. The Kier molecular flexibility index (Phi) is 5.29. The third-order valence-electron chi connectivity index (χ3n) is 3.44. The Morgan fingerprint density at radius 1 is 1.15 bits per heavy atom. The summed E-state index contributed by atoms with van der Waals surface area (Å²) in [6.45, 7) is 2.07.